The molecule has 0 saturated carbocycles. The molecule has 5 heteroatoms. The molecule has 0 N–H and O–H groups in total. The maximum atomic E-state index is 5.90. The van der Waals surface area contributed by atoms with Crippen molar-refractivity contribution >= 4 is 5.71 Å². The summed E-state index contributed by atoms with van der Waals surface area (Å²) in [5.41, 5.74) is 2.64. The maximum absolute atomic E-state index is 5.90. The van der Waals surface area contributed by atoms with Gasteiger partial charge in [-0.05, 0) is 17.7 Å². The second kappa shape index (κ2) is 8.80. The van der Waals surface area contributed by atoms with Gasteiger partial charge in [-0.15, -0.1) is 0 Å². The molecule has 0 aliphatic heterocycles. The predicted octanol–water partition coefficient (Wildman–Crippen LogP) is 3.27. The average molecular weight is 315 g/mol. The first-order chi connectivity index (χ1) is 11.3. The van der Waals surface area contributed by atoms with Crippen LogP contribution in [-0.4, -0.2) is 33.6 Å². The third-order valence-corrected chi connectivity index (χ3v) is 3.26. The van der Waals surface area contributed by atoms with E-state index in [0.717, 1.165) is 11.1 Å². The van der Waals surface area contributed by atoms with Crippen LogP contribution in [-0.2, 0) is 16.2 Å². The van der Waals surface area contributed by atoms with Gasteiger partial charge in [-0.25, -0.2) is 0 Å². The van der Waals surface area contributed by atoms with E-state index in [1.54, 1.807) is 14.2 Å². The monoisotopic (exact) mass is 315 g/mol. The van der Waals surface area contributed by atoms with E-state index in [9.17, 15) is 0 Å². The molecule has 0 aromatic heterocycles. The summed E-state index contributed by atoms with van der Waals surface area (Å²) in [7, 11) is 4.76. The number of ether oxygens (including phenoxy) is 3. The third-order valence-electron chi connectivity index (χ3n) is 3.26. The van der Waals surface area contributed by atoms with Gasteiger partial charge in [0.05, 0.1) is 13.7 Å². The number of rotatable bonds is 8. The van der Waals surface area contributed by atoms with Crippen LogP contribution in [0.25, 0.3) is 0 Å². The van der Waals surface area contributed by atoms with Crippen molar-refractivity contribution < 1.29 is 19.0 Å². The van der Waals surface area contributed by atoms with Crippen molar-refractivity contribution in [3.63, 3.8) is 0 Å². The molecule has 2 aromatic carbocycles. The van der Waals surface area contributed by atoms with Gasteiger partial charge < -0.3 is 19.0 Å². The molecule has 0 spiro atoms. The van der Waals surface area contributed by atoms with Gasteiger partial charge in [0.1, 0.15) is 19.4 Å². The summed E-state index contributed by atoms with van der Waals surface area (Å²) >= 11 is 0. The third kappa shape index (κ3) is 4.47. The van der Waals surface area contributed by atoms with Crippen molar-refractivity contribution in [3.05, 3.63) is 59.7 Å². The first kappa shape index (κ1) is 16.8. The van der Waals surface area contributed by atoms with Gasteiger partial charge >= 0.3 is 0 Å². The fraction of sp³-hybridized carbons (Fsp3) is 0.278. The Morgan fingerprint density at radius 1 is 0.913 bits per heavy atom. The predicted molar refractivity (Wildman–Crippen MR) is 89.2 cm³/mol. The Morgan fingerprint density at radius 2 is 1.61 bits per heavy atom. The molecule has 0 aliphatic rings. The van der Waals surface area contributed by atoms with Gasteiger partial charge in [-0.2, -0.15) is 0 Å². The van der Waals surface area contributed by atoms with Crippen molar-refractivity contribution in [2.24, 2.45) is 5.16 Å². The van der Waals surface area contributed by atoms with Crippen molar-refractivity contribution in [1.82, 2.24) is 0 Å². The van der Waals surface area contributed by atoms with Crippen LogP contribution in [0.1, 0.15) is 11.1 Å². The minimum atomic E-state index is 0.361. The number of oxime groups is 1. The molecule has 122 valence electrons. The zero-order valence-electron chi connectivity index (χ0n) is 13.6. The number of benzene rings is 2. The molecular weight excluding hydrogens is 294 g/mol. The standard InChI is InChI=1S/C18H21NO4/c1-20-13-16(19-22-3)15-9-5-4-8-14(15)12-23-18-11-7-6-10-17(18)21-2/h4-11H,12-13H2,1-3H3. The Kier molecular flexibility index (Phi) is 6.44. The zero-order valence-corrected chi connectivity index (χ0v) is 13.6. The van der Waals surface area contributed by atoms with Gasteiger partial charge in [0.25, 0.3) is 0 Å². The van der Waals surface area contributed by atoms with E-state index in [2.05, 4.69) is 5.16 Å². The van der Waals surface area contributed by atoms with E-state index in [0.29, 0.717) is 30.4 Å². The molecule has 5 nitrogen and oxygen atoms in total. The molecule has 0 unspecified atom stereocenters. The van der Waals surface area contributed by atoms with Gasteiger partial charge in [0, 0.05) is 12.7 Å². The highest BCUT2D eigenvalue weighted by atomic mass is 16.6. The second-order valence-corrected chi connectivity index (χ2v) is 4.75. The summed E-state index contributed by atoms with van der Waals surface area (Å²) in [5.74, 6) is 1.40. The van der Waals surface area contributed by atoms with Crippen LogP contribution >= 0.6 is 0 Å². The highest BCUT2D eigenvalue weighted by Crippen LogP contribution is 2.27. The summed E-state index contributed by atoms with van der Waals surface area (Å²) in [5, 5.41) is 4.04. The molecule has 0 heterocycles. The number of methoxy groups -OCH3 is 2. The Balaban J connectivity index is 2.22. The van der Waals surface area contributed by atoms with Crippen LogP contribution < -0.4 is 9.47 Å². The molecule has 0 aliphatic carbocycles. The molecule has 23 heavy (non-hydrogen) atoms. The minimum absolute atomic E-state index is 0.361. The summed E-state index contributed by atoms with van der Waals surface area (Å²) in [6.45, 7) is 0.752. The highest BCUT2D eigenvalue weighted by molar-refractivity contribution is 6.02. The molecule has 0 saturated heterocycles. The fourth-order valence-electron chi connectivity index (χ4n) is 2.22. The number of hydrogen-bond donors (Lipinski definition) is 0. The Hall–Kier alpha value is -2.53. The topological polar surface area (TPSA) is 49.3 Å². The molecule has 0 amide bonds. The van der Waals surface area contributed by atoms with Crippen LogP contribution in [0.15, 0.2) is 53.7 Å². The maximum Gasteiger partial charge on any atom is 0.161 e. The van der Waals surface area contributed by atoms with E-state index in [1.807, 2.05) is 48.5 Å². The molecule has 0 atom stereocenters. The molecule has 2 aromatic rings. The van der Waals surface area contributed by atoms with Crippen LogP contribution in [0.2, 0.25) is 0 Å². The highest BCUT2D eigenvalue weighted by Gasteiger charge is 2.11. The number of nitrogens with zero attached hydrogens (tertiary/aromatic N) is 1. The van der Waals surface area contributed by atoms with Crippen molar-refractivity contribution in [1.29, 1.82) is 0 Å². The first-order valence-electron chi connectivity index (χ1n) is 7.23. The Bertz CT molecular complexity index is 655. The normalized spacial score (nSPS) is 11.2. The smallest absolute Gasteiger partial charge is 0.161 e. The van der Waals surface area contributed by atoms with E-state index in [4.69, 9.17) is 19.0 Å². The van der Waals surface area contributed by atoms with Crippen LogP contribution in [0.5, 0.6) is 11.5 Å². The van der Waals surface area contributed by atoms with Crippen LogP contribution in [0.4, 0.5) is 0 Å². The summed E-state index contributed by atoms with van der Waals surface area (Å²) in [6.07, 6.45) is 0. The SMILES string of the molecule is COCC(=NOC)c1ccccc1COc1ccccc1OC. The lowest BCUT2D eigenvalue weighted by Gasteiger charge is -2.14. The summed E-state index contributed by atoms with van der Waals surface area (Å²) in [4.78, 5) is 4.91. The Morgan fingerprint density at radius 3 is 2.30 bits per heavy atom. The van der Waals surface area contributed by atoms with Crippen molar-refractivity contribution in [2.45, 2.75) is 6.61 Å². The Labute approximate surface area is 136 Å². The second-order valence-electron chi connectivity index (χ2n) is 4.75. The van der Waals surface area contributed by atoms with E-state index in [1.165, 1.54) is 7.11 Å². The van der Waals surface area contributed by atoms with E-state index in [-0.39, 0.29) is 0 Å². The lowest BCUT2D eigenvalue weighted by Crippen LogP contribution is -2.13. The van der Waals surface area contributed by atoms with Crippen LogP contribution in [0.3, 0.4) is 0 Å². The molecule has 0 radical (unpaired) electrons. The molecule has 0 bridgehead atoms. The molecular formula is C18H21NO4. The van der Waals surface area contributed by atoms with Crippen molar-refractivity contribution in [3.8, 4) is 11.5 Å². The summed E-state index contributed by atoms with van der Waals surface area (Å²) in [6, 6.07) is 15.4. The first-order valence-corrected chi connectivity index (χ1v) is 7.23. The molecule has 2 rings (SSSR count). The van der Waals surface area contributed by atoms with Crippen molar-refractivity contribution in [2.75, 3.05) is 27.9 Å². The van der Waals surface area contributed by atoms with Gasteiger partial charge in [-0.1, -0.05) is 41.6 Å². The van der Waals surface area contributed by atoms with E-state index >= 15 is 0 Å². The van der Waals surface area contributed by atoms with Gasteiger partial charge in [0.15, 0.2) is 11.5 Å². The quantitative estimate of drug-likeness (QED) is 0.554. The van der Waals surface area contributed by atoms with Gasteiger partial charge in [-0.3, -0.25) is 0 Å². The zero-order chi connectivity index (χ0) is 16.5. The largest absolute Gasteiger partial charge is 0.493 e. The van der Waals surface area contributed by atoms with Crippen LogP contribution in [0, 0.1) is 0 Å². The molecule has 0 fully saturated rings. The summed E-state index contributed by atoms with van der Waals surface area (Å²) < 4.78 is 16.4. The number of hydrogen-bond acceptors (Lipinski definition) is 5. The lowest BCUT2D eigenvalue weighted by atomic mass is 10.0. The van der Waals surface area contributed by atoms with E-state index < -0.39 is 0 Å². The average Bonchev–Trinajstić information content (AvgIpc) is 2.60. The lowest BCUT2D eigenvalue weighted by molar-refractivity contribution is 0.201. The minimum Gasteiger partial charge on any atom is -0.493 e. The number of para-hydroxylation sites is 2. The van der Waals surface area contributed by atoms with Gasteiger partial charge in [0.2, 0.25) is 0 Å². The fourth-order valence-corrected chi connectivity index (χ4v) is 2.22.